The van der Waals surface area contributed by atoms with E-state index in [-0.39, 0.29) is 40.6 Å². The Kier molecular flexibility index (Phi) is 7.63. The van der Waals surface area contributed by atoms with Gasteiger partial charge in [-0.1, -0.05) is 44.2 Å². The van der Waals surface area contributed by atoms with E-state index in [4.69, 9.17) is 10.8 Å². The number of rotatable bonds is 6. The Balaban J connectivity index is 0.00000107. The van der Waals surface area contributed by atoms with Crippen LogP contribution in [0.25, 0.3) is 5.52 Å². The minimum Gasteiger partial charge on any atom is -0.397 e. The molecule has 168 valence electrons. The number of hydrogen-bond acceptors (Lipinski definition) is 7. The number of nitrogens with two attached hydrogens (primary N) is 1. The van der Waals surface area contributed by atoms with E-state index in [0.29, 0.717) is 0 Å². The van der Waals surface area contributed by atoms with Gasteiger partial charge in [0.2, 0.25) is 5.78 Å². The molecule has 10 heteroatoms. The third-order valence-corrected chi connectivity index (χ3v) is 8.22. The molecule has 0 atom stereocenters. The van der Waals surface area contributed by atoms with E-state index in [1.807, 2.05) is 0 Å². The second kappa shape index (κ2) is 9.63. The first-order chi connectivity index (χ1) is 14.6. The van der Waals surface area contributed by atoms with E-state index < -0.39 is 35.2 Å². The van der Waals surface area contributed by atoms with E-state index in [1.165, 1.54) is 36.6 Å². The Morgan fingerprint density at radius 2 is 1.42 bits per heavy atom. The number of anilines is 1. The summed E-state index contributed by atoms with van der Waals surface area (Å²) >= 11 is 0. The number of ketones is 1. The van der Waals surface area contributed by atoms with Crippen molar-refractivity contribution in [3.8, 4) is 0 Å². The van der Waals surface area contributed by atoms with Crippen LogP contribution in [0.4, 0.5) is 5.69 Å². The van der Waals surface area contributed by atoms with E-state index in [1.54, 1.807) is 37.3 Å². The number of pyridine rings is 1. The molecular weight excluding hydrogens is 440 g/mol. The van der Waals surface area contributed by atoms with Gasteiger partial charge in [0.1, 0.15) is 15.5 Å². The fraction of sp³-hybridized carbons (Fsp3) is 0.286. The van der Waals surface area contributed by atoms with Crippen LogP contribution in [0, 0.1) is 0 Å². The zero-order valence-corrected chi connectivity index (χ0v) is 19.2. The standard InChI is InChI=1S/C19H20N2O5S2.C2H6O/c1-3-27(23,24)18-15-14(20)11-8-12-21(15)16(19(18)28(25,26)4-2)17(22)13-9-6-5-7-10-13;1-2-3/h5-12H,3-4,20H2,1-2H3;3H,2H2,1H3. The number of sulfone groups is 2. The molecule has 1 aromatic carbocycles. The van der Waals surface area contributed by atoms with Crippen LogP contribution in [-0.4, -0.2) is 50.2 Å². The van der Waals surface area contributed by atoms with Gasteiger partial charge in [-0.2, -0.15) is 0 Å². The minimum atomic E-state index is -4.06. The number of nitrogens with zero attached hydrogens (tertiary/aromatic N) is 1. The molecule has 3 rings (SSSR count). The summed E-state index contributed by atoms with van der Waals surface area (Å²) in [7, 11) is -8.06. The molecule has 0 bridgehead atoms. The van der Waals surface area contributed by atoms with Crippen LogP contribution >= 0.6 is 0 Å². The van der Waals surface area contributed by atoms with Crippen molar-refractivity contribution in [1.82, 2.24) is 4.40 Å². The van der Waals surface area contributed by atoms with Gasteiger partial charge in [0.15, 0.2) is 19.7 Å². The highest BCUT2D eigenvalue weighted by atomic mass is 32.2. The van der Waals surface area contributed by atoms with Gasteiger partial charge in [-0.3, -0.25) is 4.79 Å². The molecule has 0 fully saturated rings. The molecule has 8 nitrogen and oxygen atoms in total. The van der Waals surface area contributed by atoms with Crippen LogP contribution in [0.3, 0.4) is 0 Å². The van der Waals surface area contributed by atoms with E-state index >= 15 is 0 Å². The summed E-state index contributed by atoms with van der Waals surface area (Å²) in [6.45, 7) is 4.75. The number of hydrogen-bond donors (Lipinski definition) is 2. The molecule has 0 aliphatic carbocycles. The lowest BCUT2D eigenvalue weighted by Crippen LogP contribution is -2.15. The van der Waals surface area contributed by atoms with Crippen molar-refractivity contribution in [3.05, 3.63) is 59.9 Å². The Morgan fingerprint density at radius 3 is 1.94 bits per heavy atom. The largest absolute Gasteiger partial charge is 0.397 e. The maximum atomic E-state index is 13.3. The second-order valence-corrected chi connectivity index (χ2v) is 10.9. The monoisotopic (exact) mass is 466 g/mol. The Bertz CT molecular complexity index is 1290. The molecule has 2 aromatic heterocycles. The van der Waals surface area contributed by atoms with Gasteiger partial charge < -0.3 is 15.2 Å². The number of benzene rings is 1. The summed E-state index contributed by atoms with van der Waals surface area (Å²) in [5.74, 6) is -1.28. The first-order valence-electron chi connectivity index (χ1n) is 9.65. The molecule has 0 unspecified atom stereocenters. The average Bonchev–Trinajstić information content (AvgIpc) is 3.12. The van der Waals surface area contributed by atoms with Crippen molar-refractivity contribution in [1.29, 1.82) is 0 Å². The van der Waals surface area contributed by atoms with Crippen molar-refractivity contribution in [2.24, 2.45) is 0 Å². The lowest BCUT2D eigenvalue weighted by molar-refractivity contribution is 0.103. The molecule has 3 N–H and O–H groups in total. The van der Waals surface area contributed by atoms with E-state index in [2.05, 4.69) is 0 Å². The van der Waals surface area contributed by atoms with Gasteiger partial charge in [0.05, 0.1) is 22.7 Å². The molecule has 0 saturated heterocycles. The molecule has 3 aromatic rings. The fourth-order valence-electron chi connectivity index (χ4n) is 3.08. The highest BCUT2D eigenvalue weighted by molar-refractivity contribution is 7.94. The predicted octanol–water partition coefficient (Wildman–Crippen LogP) is 2.34. The fourth-order valence-corrected chi connectivity index (χ4v) is 6.17. The predicted molar refractivity (Wildman–Crippen MR) is 120 cm³/mol. The van der Waals surface area contributed by atoms with Crippen LogP contribution in [0.15, 0.2) is 58.5 Å². The summed E-state index contributed by atoms with van der Waals surface area (Å²) in [5.41, 5.74) is 6.14. The summed E-state index contributed by atoms with van der Waals surface area (Å²) in [6, 6.07) is 11.1. The summed E-state index contributed by atoms with van der Waals surface area (Å²) in [4.78, 5) is 12.4. The smallest absolute Gasteiger partial charge is 0.211 e. The van der Waals surface area contributed by atoms with Gasteiger partial charge in [-0.05, 0) is 19.1 Å². The molecule has 2 heterocycles. The average molecular weight is 467 g/mol. The second-order valence-electron chi connectivity index (χ2n) is 6.51. The molecule has 0 spiro atoms. The van der Waals surface area contributed by atoms with Gasteiger partial charge in [-0.25, -0.2) is 16.8 Å². The SMILES string of the molecule is CCO.CCS(=O)(=O)c1c(S(=O)(=O)CC)c2c(N)cccn2c1C(=O)c1ccccc1. The minimum absolute atomic E-state index is 0.00987. The van der Waals surface area contributed by atoms with Gasteiger partial charge in [0, 0.05) is 18.4 Å². The van der Waals surface area contributed by atoms with Crippen LogP contribution in [-0.2, 0) is 19.7 Å². The van der Waals surface area contributed by atoms with E-state index in [0.717, 1.165) is 0 Å². The van der Waals surface area contributed by atoms with Crippen molar-refractivity contribution in [2.75, 3.05) is 23.8 Å². The van der Waals surface area contributed by atoms with Crippen molar-refractivity contribution in [2.45, 2.75) is 30.6 Å². The summed E-state index contributed by atoms with van der Waals surface area (Å²) in [6.07, 6.45) is 1.45. The molecule has 0 radical (unpaired) electrons. The highest BCUT2D eigenvalue weighted by Gasteiger charge is 2.37. The first kappa shape index (κ1) is 24.6. The topological polar surface area (TPSA) is 136 Å². The Labute approximate surface area is 182 Å². The summed E-state index contributed by atoms with van der Waals surface area (Å²) in [5, 5.41) is 7.57. The van der Waals surface area contributed by atoms with Crippen molar-refractivity contribution < 1.29 is 26.7 Å². The number of nitrogen functional groups attached to an aromatic ring is 1. The lowest BCUT2D eigenvalue weighted by Gasteiger charge is -2.08. The zero-order valence-electron chi connectivity index (χ0n) is 17.6. The Morgan fingerprint density at radius 1 is 0.903 bits per heavy atom. The quantitative estimate of drug-likeness (QED) is 0.532. The number of aromatic nitrogens is 1. The highest BCUT2D eigenvalue weighted by Crippen LogP contribution is 2.37. The number of aliphatic hydroxyl groups is 1. The molecule has 0 amide bonds. The molecule has 31 heavy (non-hydrogen) atoms. The van der Waals surface area contributed by atoms with Gasteiger partial charge in [0.25, 0.3) is 0 Å². The molecule has 0 saturated carbocycles. The maximum Gasteiger partial charge on any atom is 0.211 e. The molecule has 0 aliphatic rings. The number of carbonyl (C=O) groups excluding carboxylic acids is 1. The van der Waals surface area contributed by atoms with Gasteiger partial charge in [-0.15, -0.1) is 0 Å². The third-order valence-electron chi connectivity index (χ3n) is 4.54. The van der Waals surface area contributed by atoms with Crippen LogP contribution < -0.4 is 5.73 Å². The zero-order chi connectivity index (χ0) is 23.4. The normalized spacial score (nSPS) is 11.7. The first-order valence-corrected chi connectivity index (χ1v) is 13.0. The lowest BCUT2D eigenvalue weighted by atomic mass is 10.1. The van der Waals surface area contributed by atoms with E-state index in [9.17, 15) is 21.6 Å². The van der Waals surface area contributed by atoms with Gasteiger partial charge >= 0.3 is 0 Å². The third kappa shape index (κ3) is 4.65. The molecule has 0 aliphatic heterocycles. The number of aliphatic hydroxyl groups excluding tert-OH is 1. The van der Waals surface area contributed by atoms with Crippen LogP contribution in [0.1, 0.15) is 36.8 Å². The molecular formula is C21H26N2O6S2. The number of carbonyl (C=O) groups is 1. The number of fused-ring (bicyclic) bond motifs is 1. The van der Waals surface area contributed by atoms with Crippen molar-refractivity contribution >= 4 is 36.7 Å². The maximum absolute atomic E-state index is 13.3. The Hall–Kier alpha value is -2.69. The van der Waals surface area contributed by atoms with Crippen LogP contribution in [0.5, 0.6) is 0 Å². The summed E-state index contributed by atoms with van der Waals surface area (Å²) < 4.78 is 52.9. The van der Waals surface area contributed by atoms with Crippen LogP contribution in [0.2, 0.25) is 0 Å². The van der Waals surface area contributed by atoms with Crippen molar-refractivity contribution in [3.63, 3.8) is 0 Å².